The lowest BCUT2D eigenvalue weighted by Gasteiger charge is -2.62. The third-order valence-electron chi connectivity index (χ3n) is 12.4. The molecule has 0 aromatic rings. The highest BCUT2D eigenvalue weighted by atomic mass is 16.5. The van der Waals surface area contributed by atoms with E-state index in [1.165, 1.54) is 44.9 Å². The van der Waals surface area contributed by atoms with Crippen LogP contribution in [0.4, 0.5) is 0 Å². The van der Waals surface area contributed by atoms with E-state index in [-0.39, 0.29) is 17.5 Å². The summed E-state index contributed by atoms with van der Waals surface area (Å²) in [4.78, 5) is 13.0. The van der Waals surface area contributed by atoms with Crippen molar-refractivity contribution in [2.24, 2.45) is 51.8 Å². The minimum atomic E-state index is -0.0161. The summed E-state index contributed by atoms with van der Waals surface area (Å²) in [5.74, 6) is 4.23. The quantitative estimate of drug-likeness (QED) is 0.225. The fourth-order valence-corrected chi connectivity index (χ4v) is 10.0. The van der Waals surface area contributed by atoms with Crippen LogP contribution in [0.25, 0.3) is 0 Å². The van der Waals surface area contributed by atoms with Gasteiger partial charge in [0.05, 0.1) is 21.1 Å². The van der Waals surface area contributed by atoms with Crippen molar-refractivity contribution in [2.45, 2.75) is 99.0 Å². The van der Waals surface area contributed by atoms with Crippen LogP contribution in [0.3, 0.4) is 0 Å². The van der Waals surface area contributed by atoms with Gasteiger partial charge in [-0.15, -0.1) is 0 Å². The highest BCUT2D eigenvalue weighted by Gasteiger charge is 2.61. The Morgan fingerprint density at radius 3 is 2.31 bits per heavy atom. The second-order valence-corrected chi connectivity index (χ2v) is 15.7. The third-order valence-corrected chi connectivity index (χ3v) is 12.4. The molecule has 3 nitrogen and oxygen atoms in total. The number of hydrogen-bond donors (Lipinski definition) is 0. The molecule has 5 aliphatic rings. The van der Waals surface area contributed by atoms with E-state index in [9.17, 15) is 4.79 Å². The SMILES string of the molecule is CC(C)C1=CCC2C3CC=C4CC(OC(=O)C[N+](C)(C)C)C(C5(C)CCC5C)CC4(C)C3CCC12C. The molecule has 3 heteroatoms. The van der Waals surface area contributed by atoms with Crippen molar-refractivity contribution in [3.8, 4) is 0 Å². The Hall–Kier alpha value is -1.09. The van der Waals surface area contributed by atoms with Gasteiger partial charge < -0.3 is 9.22 Å². The number of nitrogens with zero attached hydrogens (tertiary/aromatic N) is 1. The number of allylic oxidation sites excluding steroid dienone is 3. The van der Waals surface area contributed by atoms with E-state index in [2.05, 4.69) is 74.8 Å². The number of quaternary nitrogens is 1. The lowest BCUT2D eigenvalue weighted by atomic mass is 9.43. The van der Waals surface area contributed by atoms with Gasteiger partial charge in [0.2, 0.25) is 0 Å². The molecule has 0 bridgehead atoms. The number of carbonyl (C=O) groups excluding carboxylic acids is 1. The van der Waals surface area contributed by atoms with E-state index >= 15 is 0 Å². The molecular weight excluding hydrogens is 442 g/mol. The second kappa shape index (κ2) is 8.72. The zero-order valence-corrected chi connectivity index (χ0v) is 24.8. The van der Waals surface area contributed by atoms with Crippen molar-refractivity contribution in [1.82, 2.24) is 0 Å². The Morgan fingerprint density at radius 1 is 1.00 bits per heavy atom. The third kappa shape index (κ3) is 4.05. The molecule has 0 aliphatic heterocycles. The van der Waals surface area contributed by atoms with Crippen LogP contribution in [-0.2, 0) is 9.53 Å². The first-order valence-corrected chi connectivity index (χ1v) is 15.1. The summed E-state index contributed by atoms with van der Waals surface area (Å²) in [5, 5.41) is 0. The molecule has 0 aromatic heterocycles. The van der Waals surface area contributed by atoms with Gasteiger partial charge in [0, 0.05) is 12.3 Å². The van der Waals surface area contributed by atoms with Crippen LogP contribution < -0.4 is 0 Å². The summed E-state index contributed by atoms with van der Waals surface area (Å²) in [6.07, 6.45) is 15.3. The Bertz CT molecular complexity index is 955. The molecule has 0 saturated heterocycles. The second-order valence-electron chi connectivity index (χ2n) is 15.7. The van der Waals surface area contributed by atoms with E-state index < -0.39 is 0 Å². The fraction of sp³-hybridized carbons (Fsp3) is 0.848. The van der Waals surface area contributed by atoms with Gasteiger partial charge >= 0.3 is 5.97 Å². The number of fused-ring (bicyclic) bond motifs is 5. The van der Waals surface area contributed by atoms with Crippen LogP contribution in [0, 0.1) is 51.8 Å². The topological polar surface area (TPSA) is 26.3 Å². The van der Waals surface area contributed by atoms with Crippen LogP contribution in [0.1, 0.15) is 92.9 Å². The van der Waals surface area contributed by atoms with Crippen molar-refractivity contribution in [2.75, 3.05) is 27.7 Å². The standard InChI is InChI=1S/C33H54NO2/c1-21(2)25-12-13-26-24-11-10-23-18-29(36-30(35)20-34(7,8)9)28(31(4)16-14-22(31)3)19-33(23,6)27(24)15-17-32(25,26)5/h10,12,21-22,24,26-29H,11,13-20H2,1-9H3/q+1. The maximum atomic E-state index is 13.0. The summed E-state index contributed by atoms with van der Waals surface area (Å²) in [6.45, 7) is 15.4. The molecule has 3 saturated carbocycles. The maximum Gasteiger partial charge on any atom is 0.362 e. The van der Waals surface area contributed by atoms with Crippen LogP contribution in [0.5, 0.6) is 0 Å². The number of esters is 1. The maximum absolute atomic E-state index is 13.0. The largest absolute Gasteiger partial charge is 0.458 e. The minimum absolute atomic E-state index is 0.0161. The van der Waals surface area contributed by atoms with Crippen molar-refractivity contribution >= 4 is 5.97 Å². The van der Waals surface area contributed by atoms with Gasteiger partial charge in [-0.2, -0.15) is 0 Å². The zero-order chi connectivity index (χ0) is 26.3. The first kappa shape index (κ1) is 26.5. The molecule has 0 heterocycles. The number of rotatable bonds is 5. The van der Waals surface area contributed by atoms with Gasteiger partial charge in [0.15, 0.2) is 6.54 Å². The smallest absolute Gasteiger partial charge is 0.362 e. The van der Waals surface area contributed by atoms with Crippen molar-refractivity contribution in [3.05, 3.63) is 23.3 Å². The molecular formula is C33H54NO2+. The van der Waals surface area contributed by atoms with E-state index in [0.29, 0.717) is 33.7 Å². The van der Waals surface area contributed by atoms with Gasteiger partial charge in [0.1, 0.15) is 6.10 Å². The predicted molar refractivity (Wildman–Crippen MR) is 148 cm³/mol. The predicted octanol–water partition coefficient (Wildman–Crippen LogP) is 7.42. The van der Waals surface area contributed by atoms with Crippen molar-refractivity contribution < 1.29 is 14.0 Å². The Labute approximate surface area is 221 Å². The summed E-state index contributed by atoms with van der Waals surface area (Å²) in [6, 6.07) is 0. The average molecular weight is 497 g/mol. The molecule has 5 rings (SSSR count). The van der Waals surface area contributed by atoms with Gasteiger partial charge in [0.25, 0.3) is 0 Å². The number of hydrogen-bond acceptors (Lipinski definition) is 2. The van der Waals surface area contributed by atoms with Gasteiger partial charge in [-0.3, -0.25) is 0 Å². The van der Waals surface area contributed by atoms with Crippen molar-refractivity contribution in [1.29, 1.82) is 0 Å². The van der Waals surface area contributed by atoms with E-state index in [0.717, 1.165) is 30.1 Å². The van der Waals surface area contributed by atoms with E-state index in [1.807, 2.05) is 0 Å². The fourth-order valence-electron chi connectivity index (χ4n) is 10.0. The Balaban J connectivity index is 1.44. The van der Waals surface area contributed by atoms with E-state index in [1.54, 1.807) is 11.1 Å². The normalized spacial score (nSPS) is 46.2. The lowest BCUT2D eigenvalue weighted by molar-refractivity contribution is -0.862. The number of carbonyl (C=O) groups is 1. The molecule has 0 aromatic carbocycles. The minimum Gasteiger partial charge on any atom is -0.458 e. The van der Waals surface area contributed by atoms with E-state index in [4.69, 9.17) is 4.74 Å². The average Bonchev–Trinajstić information content (AvgIpc) is 3.13. The molecule has 0 radical (unpaired) electrons. The summed E-state index contributed by atoms with van der Waals surface area (Å²) >= 11 is 0. The Morgan fingerprint density at radius 2 is 1.72 bits per heavy atom. The monoisotopic (exact) mass is 496 g/mol. The number of likely N-dealkylation sites (N-methyl/N-ethyl adjacent to an activating group) is 1. The molecule has 0 spiro atoms. The highest BCUT2D eigenvalue weighted by molar-refractivity contribution is 5.71. The van der Waals surface area contributed by atoms with Crippen molar-refractivity contribution in [3.63, 3.8) is 0 Å². The molecule has 3 fully saturated rings. The Kier molecular flexibility index (Phi) is 6.42. The highest BCUT2D eigenvalue weighted by Crippen LogP contribution is 2.68. The van der Waals surface area contributed by atoms with Gasteiger partial charge in [-0.05, 0) is 90.8 Å². The molecule has 202 valence electrons. The number of ether oxygens (including phenoxy) is 1. The lowest BCUT2D eigenvalue weighted by Crippen LogP contribution is -2.57. The van der Waals surface area contributed by atoms with Crippen LogP contribution in [0.15, 0.2) is 23.3 Å². The first-order chi connectivity index (χ1) is 16.7. The molecule has 9 atom stereocenters. The molecule has 0 amide bonds. The van der Waals surface area contributed by atoms with Crippen LogP contribution >= 0.6 is 0 Å². The van der Waals surface area contributed by atoms with Crippen LogP contribution in [0.2, 0.25) is 0 Å². The first-order valence-electron chi connectivity index (χ1n) is 15.1. The molecule has 0 N–H and O–H groups in total. The van der Waals surface area contributed by atoms with Gasteiger partial charge in [-0.25, -0.2) is 4.79 Å². The zero-order valence-electron chi connectivity index (χ0n) is 24.8. The summed E-state index contributed by atoms with van der Waals surface area (Å²) in [7, 11) is 6.24. The van der Waals surface area contributed by atoms with Crippen LogP contribution in [-0.4, -0.2) is 44.2 Å². The molecule has 9 unspecified atom stereocenters. The molecule has 5 aliphatic carbocycles. The summed E-state index contributed by atoms with van der Waals surface area (Å²) in [5.41, 5.74) is 4.33. The molecule has 36 heavy (non-hydrogen) atoms. The van der Waals surface area contributed by atoms with Gasteiger partial charge in [-0.1, -0.05) is 64.8 Å². The summed E-state index contributed by atoms with van der Waals surface area (Å²) < 4.78 is 7.03.